The maximum atomic E-state index is 12.1. The predicted octanol–water partition coefficient (Wildman–Crippen LogP) is 5.72. The van der Waals surface area contributed by atoms with Crippen molar-refractivity contribution in [2.24, 2.45) is 0 Å². The number of halogens is 1. The smallest absolute Gasteiger partial charge is 0.338 e. The van der Waals surface area contributed by atoms with Gasteiger partial charge in [-0.1, -0.05) is 26.8 Å². The number of carbonyl (C=O) groups excluding carboxylic acids is 2. The van der Waals surface area contributed by atoms with E-state index in [9.17, 15) is 9.59 Å². The van der Waals surface area contributed by atoms with Gasteiger partial charge in [-0.15, -0.1) is 0 Å². The zero-order chi connectivity index (χ0) is 21.4. The largest absolute Gasteiger partial charge is 0.492 e. The van der Waals surface area contributed by atoms with Gasteiger partial charge in [0.1, 0.15) is 5.75 Å². The molecule has 2 aromatic rings. The van der Waals surface area contributed by atoms with Crippen LogP contribution in [0.4, 0.5) is 5.69 Å². The molecule has 156 valence electrons. The summed E-state index contributed by atoms with van der Waals surface area (Å²) in [5.74, 6) is 0.303. The Balaban J connectivity index is 1.77. The molecule has 1 N–H and O–H groups in total. The van der Waals surface area contributed by atoms with E-state index in [-0.39, 0.29) is 17.3 Å². The van der Waals surface area contributed by atoms with Crippen LogP contribution < -0.4 is 10.1 Å². The highest BCUT2D eigenvalue weighted by molar-refractivity contribution is 9.10. The first-order valence-corrected chi connectivity index (χ1v) is 10.5. The van der Waals surface area contributed by atoms with Crippen LogP contribution in [0.1, 0.15) is 56.5 Å². The molecule has 29 heavy (non-hydrogen) atoms. The summed E-state index contributed by atoms with van der Waals surface area (Å²) in [5, 5.41) is 2.82. The van der Waals surface area contributed by atoms with Crippen LogP contribution in [0.25, 0.3) is 0 Å². The number of amides is 1. The molecule has 0 radical (unpaired) electrons. The van der Waals surface area contributed by atoms with E-state index in [4.69, 9.17) is 9.47 Å². The van der Waals surface area contributed by atoms with Gasteiger partial charge in [-0.25, -0.2) is 4.79 Å². The fourth-order valence-electron chi connectivity index (χ4n) is 2.63. The van der Waals surface area contributed by atoms with E-state index in [0.717, 1.165) is 10.2 Å². The Kier molecular flexibility index (Phi) is 8.26. The Bertz CT molecular complexity index is 841. The number of carbonyl (C=O) groups is 2. The van der Waals surface area contributed by atoms with Gasteiger partial charge in [0.2, 0.25) is 5.91 Å². The van der Waals surface area contributed by atoms with E-state index >= 15 is 0 Å². The summed E-state index contributed by atoms with van der Waals surface area (Å²) in [6.45, 7) is 9.03. The number of hydrogen-bond acceptors (Lipinski definition) is 4. The van der Waals surface area contributed by atoms with Crippen LogP contribution in [0, 0.1) is 0 Å². The molecule has 0 atom stereocenters. The zero-order valence-electron chi connectivity index (χ0n) is 17.4. The Morgan fingerprint density at radius 3 is 2.34 bits per heavy atom. The Hall–Kier alpha value is -2.34. The van der Waals surface area contributed by atoms with E-state index in [2.05, 4.69) is 54.2 Å². The Morgan fingerprint density at radius 2 is 1.76 bits per heavy atom. The molecule has 0 aliphatic carbocycles. The van der Waals surface area contributed by atoms with Crippen molar-refractivity contribution >= 4 is 33.5 Å². The lowest BCUT2D eigenvalue weighted by Gasteiger charge is -2.20. The first-order valence-electron chi connectivity index (χ1n) is 9.70. The molecule has 2 rings (SSSR count). The molecule has 1 amide bonds. The number of benzene rings is 2. The Labute approximate surface area is 180 Å². The summed E-state index contributed by atoms with van der Waals surface area (Å²) in [7, 11) is 0. The maximum absolute atomic E-state index is 12.1. The summed E-state index contributed by atoms with van der Waals surface area (Å²) < 4.78 is 11.6. The van der Waals surface area contributed by atoms with E-state index in [1.807, 2.05) is 6.07 Å². The fraction of sp³-hybridized carbons (Fsp3) is 0.391. The lowest BCUT2D eigenvalue weighted by molar-refractivity contribution is -0.116. The first kappa shape index (κ1) is 22.9. The molecule has 6 heteroatoms. The molecule has 0 aromatic heterocycles. The maximum Gasteiger partial charge on any atom is 0.338 e. The molecular formula is C23H28BrNO4. The van der Waals surface area contributed by atoms with Gasteiger partial charge in [0, 0.05) is 12.1 Å². The highest BCUT2D eigenvalue weighted by atomic mass is 79.9. The summed E-state index contributed by atoms with van der Waals surface area (Å²) in [6, 6.07) is 12.7. The van der Waals surface area contributed by atoms with Crippen molar-refractivity contribution in [1.29, 1.82) is 0 Å². The summed E-state index contributed by atoms with van der Waals surface area (Å²) in [4.78, 5) is 23.7. The van der Waals surface area contributed by atoms with Gasteiger partial charge in [0.15, 0.2) is 0 Å². The molecular weight excluding hydrogens is 434 g/mol. The second-order valence-electron chi connectivity index (χ2n) is 7.69. The molecule has 0 saturated carbocycles. The second-order valence-corrected chi connectivity index (χ2v) is 8.55. The molecule has 0 aliphatic heterocycles. The predicted molar refractivity (Wildman–Crippen MR) is 119 cm³/mol. The average Bonchev–Trinajstić information content (AvgIpc) is 2.66. The van der Waals surface area contributed by atoms with Crippen molar-refractivity contribution in [3.63, 3.8) is 0 Å². The van der Waals surface area contributed by atoms with Gasteiger partial charge in [0.05, 0.1) is 23.2 Å². The highest BCUT2D eigenvalue weighted by Gasteiger charge is 2.15. The van der Waals surface area contributed by atoms with Crippen molar-refractivity contribution < 1.29 is 19.1 Å². The molecule has 0 bridgehead atoms. The minimum absolute atomic E-state index is 0.0770. The standard InChI is InChI=1S/C23H28BrNO4/c1-5-28-22(27)16-8-11-18(12-9-16)25-21(26)7-6-14-29-20-13-10-17(15-19(20)24)23(2,3)4/h8-13,15H,5-7,14H2,1-4H3,(H,25,26). The number of rotatable bonds is 8. The van der Waals surface area contributed by atoms with Gasteiger partial charge in [0.25, 0.3) is 0 Å². The molecule has 2 aromatic carbocycles. The van der Waals surface area contributed by atoms with E-state index in [1.54, 1.807) is 31.2 Å². The quantitative estimate of drug-likeness (QED) is 0.403. The lowest BCUT2D eigenvalue weighted by atomic mass is 9.87. The Morgan fingerprint density at radius 1 is 1.07 bits per heavy atom. The molecule has 0 spiro atoms. The summed E-state index contributed by atoms with van der Waals surface area (Å²) >= 11 is 3.55. The minimum Gasteiger partial charge on any atom is -0.492 e. The van der Waals surface area contributed by atoms with E-state index < -0.39 is 0 Å². The van der Waals surface area contributed by atoms with E-state index in [1.165, 1.54) is 5.56 Å². The van der Waals surface area contributed by atoms with Crippen LogP contribution in [-0.2, 0) is 14.9 Å². The third-order valence-electron chi connectivity index (χ3n) is 4.28. The number of hydrogen-bond donors (Lipinski definition) is 1. The molecule has 5 nitrogen and oxygen atoms in total. The van der Waals surface area contributed by atoms with Crippen molar-refractivity contribution in [2.75, 3.05) is 18.5 Å². The normalized spacial score (nSPS) is 11.1. The van der Waals surface area contributed by atoms with Crippen molar-refractivity contribution in [3.8, 4) is 5.75 Å². The van der Waals surface area contributed by atoms with Crippen LogP contribution in [0.3, 0.4) is 0 Å². The fourth-order valence-corrected chi connectivity index (χ4v) is 3.12. The number of nitrogens with one attached hydrogen (secondary N) is 1. The van der Waals surface area contributed by atoms with Crippen molar-refractivity contribution in [1.82, 2.24) is 0 Å². The highest BCUT2D eigenvalue weighted by Crippen LogP contribution is 2.31. The molecule has 0 saturated heterocycles. The summed E-state index contributed by atoms with van der Waals surface area (Å²) in [5.41, 5.74) is 2.41. The minimum atomic E-state index is -0.371. The lowest BCUT2D eigenvalue weighted by Crippen LogP contribution is -2.13. The number of anilines is 1. The van der Waals surface area contributed by atoms with Crippen LogP contribution >= 0.6 is 15.9 Å². The average molecular weight is 462 g/mol. The van der Waals surface area contributed by atoms with Gasteiger partial charge < -0.3 is 14.8 Å². The summed E-state index contributed by atoms with van der Waals surface area (Å²) in [6.07, 6.45) is 0.942. The number of esters is 1. The third kappa shape index (κ3) is 7.20. The van der Waals surface area contributed by atoms with Crippen LogP contribution in [0.2, 0.25) is 0 Å². The van der Waals surface area contributed by atoms with Gasteiger partial charge in [-0.3, -0.25) is 4.79 Å². The second kappa shape index (κ2) is 10.4. The van der Waals surface area contributed by atoms with Crippen molar-refractivity contribution in [3.05, 3.63) is 58.1 Å². The van der Waals surface area contributed by atoms with E-state index in [0.29, 0.717) is 37.3 Å². The molecule has 0 unspecified atom stereocenters. The third-order valence-corrected chi connectivity index (χ3v) is 4.90. The van der Waals surface area contributed by atoms with Crippen LogP contribution in [0.5, 0.6) is 5.75 Å². The topological polar surface area (TPSA) is 64.6 Å². The van der Waals surface area contributed by atoms with Gasteiger partial charge >= 0.3 is 5.97 Å². The zero-order valence-corrected chi connectivity index (χ0v) is 19.0. The number of ether oxygens (including phenoxy) is 2. The monoisotopic (exact) mass is 461 g/mol. The van der Waals surface area contributed by atoms with Crippen LogP contribution in [-0.4, -0.2) is 25.1 Å². The molecule has 0 aliphatic rings. The van der Waals surface area contributed by atoms with Crippen LogP contribution in [0.15, 0.2) is 46.9 Å². The molecule has 0 fully saturated rings. The van der Waals surface area contributed by atoms with Crippen molar-refractivity contribution in [2.45, 2.75) is 46.0 Å². The van der Waals surface area contributed by atoms with Gasteiger partial charge in [-0.2, -0.15) is 0 Å². The first-order chi connectivity index (χ1) is 13.7. The van der Waals surface area contributed by atoms with Gasteiger partial charge in [-0.05, 0) is 76.7 Å². The molecule has 0 heterocycles. The SMILES string of the molecule is CCOC(=O)c1ccc(NC(=O)CCCOc2ccc(C(C)(C)C)cc2Br)cc1.